The van der Waals surface area contributed by atoms with Gasteiger partial charge in [0, 0.05) is 15.6 Å². The summed E-state index contributed by atoms with van der Waals surface area (Å²) in [7, 11) is 1.90. The topological polar surface area (TPSA) is 21.3 Å². The number of hydrogen-bond acceptors (Lipinski definition) is 2. The highest BCUT2D eigenvalue weighted by Crippen LogP contribution is 2.34. The first-order valence-electron chi connectivity index (χ1n) is 6.90. The zero-order chi connectivity index (χ0) is 15.4. The first-order valence-corrected chi connectivity index (χ1v) is 7.66. The van der Waals surface area contributed by atoms with Gasteiger partial charge in [-0.2, -0.15) is 0 Å². The van der Waals surface area contributed by atoms with E-state index in [-0.39, 0.29) is 12.1 Å². The lowest BCUT2D eigenvalue weighted by atomic mass is 9.98. The summed E-state index contributed by atoms with van der Waals surface area (Å²) in [6.45, 7) is 4.03. The Morgan fingerprint density at radius 2 is 1.71 bits per heavy atom. The van der Waals surface area contributed by atoms with Gasteiger partial charge in [-0.25, -0.2) is 0 Å². The van der Waals surface area contributed by atoms with Gasteiger partial charge < -0.3 is 10.1 Å². The molecular weight excluding hydrogens is 305 g/mol. The second kappa shape index (κ2) is 7.17. The highest BCUT2D eigenvalue weighted by molar-refractivity contribution is 6.35. The molecule has 0 heterocycles. The van der Waals surface area contributed by atoms with Crippen molar-refractivity contribution in [2.45, 2.75) is 26.0 Å². The molecule has 2 aromatic carbocycles. The highest BCUT2D eigenvalue weighted by atomic mass is 35.5. The number of ether oxygens (including phenoxy) is 1. The summed E-state index contributed by atoms with van der Waals surface area (Å²) < 4.78 is 5.90. The van der Waals surface area contributed by atoms with Crippen LogP contribution < -0.4 is 10.1 Å². The van der Waals surface area contributed by atoms with Crippen LogP contribution in [-0.2, 0) is 0 Å². The Hall–Kier alpha value is -1.22. The molecule has 0 bridgehead atoms. The van der Waals surface area contributed by atoms with E-state index in [1.54, 1.807) is 6.07 Å². The molecule has 0 radical (unpaired) electrons. The Bertz CT molecular complexity index is 613. The van der Waals surface area contributed by atoms with Crippen molar-refractivity contribution in [3.8, 4) is 5.75 Å². The van der Waals surface area contributed by atoms with Gasteiger partial charge in [-0.15, -0.1) is 0 Å². The minimum Gasteiger partial charge on any atom is -0.491 e. The molecule has 0 saturated carbocycles. The first kappa shape index (κ1) is 16.2. The molecule has 0 aliphatic rings. The normalized spacial score (nSPS) is 12.5. The van der Waals surface area contributed by atoms with Gasteiger partial charge in [-0.05, 0) is 44.7 Å². The van der Waals surface area contributed by atoms with Crippen molar-refractivity contribution in [2.75, 3.05) is 7.05 Å². The van der Waals surface area contributed by atoms with Crippen LogP contribution in [0.25, 0.3) is 0 Å². The van der Waals surface area contributed by atoms with E-state index in [2.05, 4.69) is 5.32 Å². The van der Waals surface area contributed by atoms with E-state index in [1.807, 2.05) is 57.3 Å². The summed E-state index contributed by atoms with van der Waals surface area (Å²) in [5.74, 6) is 0.859. The van der Waals surface area contributed by atoms with Crippen LogP contribution in [0.4, 0.5) is 0 Å². The summed E-state index contributed by atoms with van der Waals surface area (Å²) in [6.07, 6.45) is 0.115. The maximum Gasteiger partial charge on any atom is 0.124 e. The van der Waals surface area contributed by atoms with Gasteiger partial charge >= 0.3 is 0 Å². The van der Waals surface area contributed by atoms with E-state index >= 15 is 0 Å². The van der Waals surface area contributed by atoms with Crippen LogP contribution in [0.2, 0.25) is 10.0 Å². The van der Waals surface area contributed by atoms with Crippen LogP contribution in [0.1, 0.15) is 31.0 Å². The zero-order valence-corrected chi connectivity index (χ0v) is 13.9. The third kappa shape index (κ3) is 3.91. The molecule has 21 heavy (non-hydrogen) atoms. The van der Waals surface area contributed by atoms with Crippen molar-refractivity contribution >= 4 is 23.2 Å². The maximum atomic E-state index is 6.35. The fraction of sp³-hybridized carbons (Fsp3) is 0.294. The lowest BCUT2D eigenvalue weighted by molar-refractivity contribution is 0.238. The maximum absolute atomic E-state index is 6.35. The van der Waals surface area contributed by atoms with Crippen LogP contribution in [-0.4, -0.2) is 13.2 Å². The molecular formula is C17H19Cl2NO. The molecule has 1 atom stereocenters. The Balaban J connectivity index is 2.46. The van der Waals surface area contributed by atoms with E-state index in [4.69, 9.17) is 27.9 Å². The van der Waals surface area contributed by atoms with Crippen LogP contribution in [0.15, 0.2) is 42.5 Å². The summed E-state index contributed by atoms with van der Waals surface area (Å²) in [5, 5.41) is 4.57. The molecule has 0 aliphatic heterocycles. The van der Waals surface area contributed by atoms with Crippen LogP contribution in [0, 0.1) is 0 Å². The minimum absolute atomic E-state index is 0.0512. The largest absolute Gasteiger partial charge is 0.491 e. The standard InChI is InChI=1S/C17H19Cl2NO/c1-11(2)21-16-7-5-4-6-14(16)17(20-3)13-9-8-12(18)10-15(13)19/h4-11,17,20H,1-3H3. The molecule has 2 rings (SSSR count). The summed E-state index contributed by atoms with van der Waals surface area (Å²) in [6, 6.07) is 13.5. The van der Waals surface area contributed by atoms with E-state index < -0.39 is 0 Å². The average molecular weight is 324 g/mol. The molecule has 1 unspecified atom stereocenters. The van der Waals surface area contributed by atoms with E-state index in [9.17, 15) is 0 Å². The Kier molecular flexibility index (Phi) is 5.51. The van der Waals surface area contributed by atoms with Gasteiger partial charge in [-0.3, -0.25) is 0 Å². The van der Waals surface area contributed by atoms with Crippen LogP contribution >= 0.6 is 23.2 Å². The van der Waals surface area contributed by atoms with Gasteiger partial charge in [0.2, 0.25) is 0 Å². The predicted octanol–water partition coefficient (Wildman–Crippen LogP) is 5.09. The van der Waals surface area contributed by atoms with Crippen molar-refractivity contribution in [3.63, 3.8) is 0 Å². The molecule has 2 aromatic rings. The zero-order valence-electron chi connectivity index (χ0n) is 12.4. The smallest absolute Gasteiger partial charge is 0.124 e. The molecule has 0 fully saturated rings. The number of para-hydroxylation sites is 1. The molecule has 0 aromatic heterocycles. The molecule has 0 aliphatic carbocycles. The lowest BCUT2D eigenvalue weighted by Gasteiger charge is -2.22. The number of halogens is 2. The average Bonchev–Trinajstić information content (AvgIpc) is 2.43. The molecule has 4 heteroatoms. The molecule has 0 spiro atoms. The molecule has 112 valence electrons. The van der Waals surface area contributed by atoms with E-state index in [0.717, 1.165) is 16.9 Å². The summed E-state index contributed by atoms with van der Waals surface area (Å²) in [5.41, 5.74) is 2.03. The SMILES string of the molecule is CNC(c1ccc(Cl)cc1Cl)c1ccccc1OC(C)C. The lowest BCUT2D eigenvalue weighted by Crippen LogP contribution is -2.20. The van der Waals surface area contributed by atoms with Gasteiger partial charge in [0.1, 0.15) is 5.75 Å². The fourth-order valence-corrected chi connectivity index (χ4v) is 2.81. The van der Waals surface area contributed by atoms with Crippen molar-refractivity contribution in [1.82, 2.24) is 5.32 Å². The van der Waals surface area contributed by atoms with Crippen LogP contribution in [0.3, 0.4) is 0 Å². The Morgan fingerprint density at radius 3 is 2.33 bits per heavy atom. The molecule has 2 nitrogen and oxygen atoms in total. The minimum atomic E-state index is -0.0512. The summed E-state index contributed by atoms with van der Waals surface area (Å²) in [4.78, 5) is 0. The third-order valence-corrected chi connectivity index (χ3v) is 3.72. The van der Waals surface area contributed by atoms with Crippen molar-refractivity contribution in [2.24, 2.45) is 0 Å². The Morgan fingerprint density at radius 1 is 1.00 bits per heavy atom. The number of rotatable bonds is 5. The highest BCUT2D eigenvalue weighted by Gasteiger charge is 2.19. The quantitative estimate of drug-likeness (QED) is 0.827. The van der Waals surface area contributed by atoms with Gasteiger partial charge in [0.05, 0.1) is 12.1 Å². The number of benzene rings is 2. The summed E-state index contributed by atoms with van der Waals surface area (Å²) >= 11 is 12.3. The van der Waals surface area contributed by atoms with E-state index in [1.165, 1.54) is 0 Å². The van der Waals surface area contributed by atoms with Crippen LogP contribution in [0.5, 0.6) is 5.75 Å². The predicted molar refractivity (Wildman–Crippen MR) is 89.6 cm³/mol. The number of hydrogen-bond donors (Lipinski definition) is 1. The molecule has 0 saturated heterocycles. The van der Waals surface area contributed by atoms with Crippen molar-refractivity contribution in [3.05, 3.63) is 63.6 Å². The molecule has 0 amide bonds. The van der Waals surface area contributed by atoms with Crippen molar-refractivity contribution in [1.29, 1.82) is 0 Å². The molecule has 1 N–H and O–H groups in total. The second-order valence-corrected chi connectivity index (χ2v) is 5.94. The second-order valence-electron chi connectivity index (χ2n) is 5.09. The van der Waals surface area contributed by atoms with Crippen molar-refractivity contribution < 1.29 is 4.74 Å². The third-order valence-electron chi connectivity index (χ3n) is 3.15. The van der Waals surface area contributed by atoms with Gasteiger partial charge in [-0.1, -0.05) is 47.5 Å². The van der Waals surface area contributed by atoms with Gasteiger partial charge in [0.25, 0.3) is 0 Å². The van der Waals surface area contributed by atoms with Gasteiger partial charge in [0.15, 0.2) is 0 Å². The number of nitrogens with one attached hydrogen (secondary N) is 1. The Labute approximate surface area is 136 Å². The first-order chi connectivity index (χ1) is 10.0. The van der Waals surface area contributed by atoms with E-state index in [0.29, 0.717) is 10.0 Å². The monoisotopic (exact) mass is 323 g/mol. The fourth-order valence-electron chi connectivity index (χ4n) is 2.29.